The molecule has 0 aromatic heterocycles. The van der Waals surface area contributed by atoms with E-state index in [1.807, 2.05) is 0 Å². The lowest BCUT2D eigenvalue weighted by Gasteiger charge is -2.24. The summed E-state index contributed by atoms with van der Waals surface area (Å²) in [5.41, 5.74) is 2.54. The molecule has 4 heteroatoms. The Morgan fingerprint density at radius 2 is 2.32 bits per heavy atom. The van der Waals surface area contributed by atoms with E-state index in [0.29, 0.717) is 6.10 Å². The number of nitrogens with zero attached hydrogens (tertiary/aromatic N) is 1. The number of ether oxygens (including phenoxy) is 1. The second-order valence-electron chi connectivity index (χ2n) is 5.08. The Hall–Kier alpha value is -0.580. The zero-order chi connectivity index (χ0) is 13.7. The van der Waals surface area contributed by atoms with E-state index in [1.165, 1.54) is 24.1 Å². The molecule has 1 aromatic rings. The molecule has 1 atom stereocenters. The third-order valence-corrected chi connectivity index (χ3v) is 4.14. The van der Waals surface area contributed by atoms with E-state index in [2.05, 4.69) is 58.3 Å². The minimum atomic E-state index is 0.387. The SMILES string of the molecule is CCNCc1ccc(N(C)CC2CCCO2)c(Br)c1. The van der Waals surface area contributed by atoms with Gasteiger partial charge in [0, 0.05) is 31.2 Å². The lowest BCUT2D eigenvalue weighted by molar-refractivity contribution is 0.116. The van der Waals surface area contributed by atoms with E-state index in [9.17, 15) is 0 Å². The van der Waals surface area contributed by atoms with Crippen molar-refractivity contribution in [3.63, 3.8) is 0 Å². The monoisotopic (exact) mass is 326 g/mol. The average molecular weight is 327 g/mol. The zero-order valence-electron chi connectivity index (χ0n) is 11.8. The molecule has 1 aliphatic rings. The maximum atomic E-state index is 5.69. The molecular weight excluding hydrogens is 304 g/mol. The van der Waals surface area contributed by atoms with Crippen molar-refractivity contribution in [3.05, 3.63) is 28.2 Å². The molecule has 1 fully saturated rings. The molecule has 0 aliphatic carbocycles. The molecule has 0 radical (unpaired) electrons. The Balaban J connectivity index is 1.98. The number of benzene rings is 1. The molecule has 1 aromatic carbocycles. The molecule has 1 saturated heterocycles. The van der Waals surface area contributed by atoms with E-state index in [-0.39, 0.29) is 0 Å². The van der Waals surface area contributed by atoms with Gasteiger partial charge in [0.1, 0.15) is 0 Å². The first kappa shape index (κ1) is 14.8. The van der Waals surface area contributed by atoms with Crippen LogP contribution in [-0.4, -0.2) is 32.8 Å². The highest BCUT2D eigenvalue weighted by Gasteiger charge is 2.18. The second kappa shape index (κ2) is 7.27. The largest absolute Gasteiger partial charge is 0.376 e. The van der Waals surface area contributed by atoms with Crippen LogP contribution in [0.1, 0.15) is 25.3 Å². The highest BCUT2D eigenvalue weighted by molar-refractivity contribution is 9.10. The van der Waals surface area contributed by atoms with Gasteiger partial charge in [0.15, 0.2) is 0 Å². The third-order valence-electron chi connectivity index (χ3n) is 3.50. The molecule has 0 amide bonds. The van der Waals surface area contributed by atoms with Gasteiger partial charge >= 0.3 is 0 Å². The van der Waals surface area contributed by atoms with Crippen LogP contribution in [-0.2, 0) is 11.3 Å². The van der Waals surface area contributed by atoms with Crippen molar-refractivity contribution in [1.29, 1.82) is 0 Å². The van der Waals surface area contributed by atoms with Crippen molar-refractivity contribution in [2.24, 2.45) is 0 Å². The number of anilines is 1. The first-order valence-electron chi connectivity index (χ1n) is 7.02. The molecule has 19 heavy (non-hydrogen) atoms. The minimum absolute atomic E-state index is 0.387. The Labute approximate surface area is 124 Å². The first-order chi connectivity index (χ1) is 9.20. The molecule has 2 rings (SSSR count). The van der Waals surface area contributed by atoms with Crippen molar-refractivity contribution in [2.75, 3.05) is 31.6 Å². The van der Waals surface area contributed by atoms with Crippen molar-refractivity contribution in [2.45, 2.75) is 32.4 Å². The van der Waals surface area contributed by atoms with Gasteiger partial charge in [-0.3, -0.25) is 0 Å². The summed E-state index contributed by atoms with van der Waals surface area (Å²) in [4.78, 5) is 2.27. The Morgan fingerprint density at radius 3 is 2.95 bits per heavy atom. The minimum Gasteiger partial charge on any atom is -0.376 e. The van der Waals surface area contributed by atoms with E-state index < -0.39 is 0 Å². The Kier molecular flexibility index (Phi) is 5.67. The topological polar surface area (TPSA) is 24.5 Å². The summed E-state index contributed by atoms with van der Waals surface area (Å²) in [5, 5.41) is 3.34. The number of likely N-dealkylation sites (N-methyl/N-ethyl adjacent to an activating group) is 1. The summed E-state index contributed by atoms with van der Waals surface area (Å²) in [6.45, 7) is 5.92. The van der Waals surface area contributed by atoms with Gasteiger partial charge in [0.05, 0.1) is 11.8 Å². The van der Waals surface area contributed by atoms with Crippen LogP contribution in [0.5, 0.6) is 0 Å². The Bertz CT molecular complexity index is 405. The van der Waals surface area contributed by atoms with Crippen LogP contribution in [0.2, 0.25) is 0 Å². The van der Waals surface area contributed by atoms with Crippen LogP contribution in [0.4, 0.5) is 5.69 Å². The summed E-state index contributed by atoms with van der Waals surface area (Å²) in [6.07, 6.45) is 2.76. The maximum absolute atomic E-state index is 5.69. The molecule has 1 aliphatic heterocycles. The normalized spacial score (nSPS) is 18.8. The van der Waals surface area contributed by atoms with Gasteiger partial charge in [0.25, 0.3) is 0 Å². The van der Waals surface area contributed by atoms with E-state index >= 15 is 0 Å². The highest BCUT2D eigenvalue weighted by Crippen LogP contribution is 2.27. The fourth-order valence-corrected chi connectivity index (χ4v) is 3.16. The van der Waals surface area contributed by atoms with E-state index in [1.54, 1.807) is 0 Å². The third kappa shape index (κ3) is 4.20. The van der Waals surface area contributed by atoms with E-state index in [0.717, 1.165) is 30.7 Å². The lowest BCUT2D eigenvalue weighted by Crippen LogP contribution is -2.28. The number of nitrogens with one attached hydrogen (secondary N) is 1. The fourth-order valence-electron chi connectivity index (χ4n) is 2.43. The van der Waals surface area contributed by atoms with Crippen LogP contribution in [0.25, 0.3) is 0 Å². The summed E-state index contributed by atoms with van der Waals surface area (Å²) in [5.74, 6) is 0. The maximum Gasteiger partial charge on any atom is 0.0750 e. The predicted molar refractivity (Wildman–Crippen MR) is 83.8 cm³/mol. The van der Waals surface area contributed by atoms with Crippen LogP contribution in [0, 0.1) is 0 Å². The number of hydrogen-bond donors (Lipinski definition) is 1. The quantitative estimate of drug-likeness (QED) is 0.869. The molecule has 1 N–H and O–H groups in total. The number of hydrogen-bond acceptors (Lipinski definition) is 3. The number of rotatable bonds is 6. The predicted octanol–water partition coefficient (Wildman–Crippen LogP) is 3.17. The van der Waals surface area contributed by atoms with Crippen LogP contribution < -0.4 is 10.2 Å². The molecule has 1 heterocycles. The molecule has 106 valence electrons. The van der Waals surface area contributed by atoms with Gasteiger partial charge in [-0.25, -0.2) is 0 Å². The van der Waals surface area contributed by atoms with Crippen molar-refractivity contribution in [1.82, 2.24) is 5.32 Å². The molecular formula is C15H23BrN2O. The molecule has 0 spiro atoms. The van der Waals surface area contributed by atoms with Crippen LogP contribution >= 0.6 is 15.9 Å². The van der Waals surface area contributed by atoms with Crippen molar-refractivity contribution >= 4 is 21.6 Å². The smallest absolute Gasteiger partial charge is 0.0750 e. The standard InChI is InChI=1S/C15H23BrN2O/c1-3-17-10-12-6-7-15(14(16)9-12)18(2)11-13-5-4-8-19-13/h6-7,9,13,17H,3-5,8,10-11H2,1-2H3. The van der Waals surface area contributed by atoms with Gasteiger partial charge in [-0.2, -0.15) is 0 Å². The van der Waals surface area contributed by atoms with Crippen LogP contribution in [0.15, 0.2) is 22.7 Å². The summed E-state index contributed by atoms with van der Waals surface area (Å²) in [6, 6.07) is 6.57. The first-order valence-corrected chi connectivity index (χ1v) is 7.82. The van der Waals surface area contributed by atoms with Gasteiger partial charge in [-0.05, 0) is 53.0 Å². The second-order valence-corrected chi connectivity index (χ2v) is 5.94. The molecule has 1 unspecified atom stereocenters. The van der Waals surface area contributed by atoms with Crippen molar-refractivity contribution < 1.29 is 4.74 Å². The summed E-state index contributed by atoms with van der Waals surface area (Å²) < 4.78 is 6.85. The zero-order valence-corrected chi connectivity index (χ0v) is 13.4. The van der Waals surface area contributed by atoms with Gasteiger partial charge in [-0.15, -0.1) is 0 Å². The summed E-state index contributed by atoms with van der Waals surface area (Å²) >= 11 is 3.68. The number of halogens is 1. The summed E-state index contributed by atoms with van der Waals surface area (Å²) in [7, 11) is 2.13. The molecule has 3 nitrogen and oxygen atoms in total. The van der Waals surface area contributed by atoms with E-state index in [4.69, 9.17) is 4.74 Å². The van der Waals surface area contributed by atoms with Gasteiger partial charge < -0.3 is 15.0 Å². The van der Waals surface area contributed by atoms with Gasteiger partial charge in [-0.1, -0.05) is 13.0 Å². The lowest BCUT2D eigenvalue weighted by atomic mass is 10.1. The fraction of sp³-hybridized carbons (Fsp3) is 0.600. The van der Waals surface area contributed by atoms with Crippen LogP contribution in [0.3, 0.4) is 0 Å². The highest BCUT2D eigenvalue weighted by atomic mass is 79.9. The van der Waals surface area contributed by atoms with Crippen molar-refractivity contribution in [3.8, 4) is 0 Å². The Morgan fingerprint density at radius 1 is 1.47 bits per heavy atom. The average Bonchev–Trinajstić information content (AvgIpc) is 2.89. The molecule has 0 bridgehead atoms. The molecule has 0 saturated carbocycles. The van der Waals surface area contributed by atoms with Gasteiger partial charge in [0.2, 0.25) is 0 Å².